The highest BCUT2D eigenvalue weighted by molar-refractivity contribution is 9.10. The van der Waals surface area contributed by atoms with Crippen molar-refractivity contribution in [2.24, 2.45) is 0 Å². The number of allylic oxidation sites excluding steroid dienone is 1. The van der Waals surface area contributed by atoms with Gasteiger partial charge >= 0.3 is 0 Å². The van der Waals surface area contributed by atoms with Crippen molar-refractivity contribution in [3.05, 3.63) is 45.7 Å². The summed E-state index contributed by atoms with van der Waals surface area (Å²) in [6.45, 7) is 6.27. The van der Waals surface area contributed by atoms with E-state index in [0.29, 0.717) is 6.42 Å². The van der Waals surface area contributed by atoms with Crippen LogP contribution in [0.5, 0.6) is 0 Å². The van der Waals surface area contributed by atoms with Crippen molar-refractivity contribution in [3.8, 4) is 0 Å². The van der Waals surface area contributed by atoms with Gasteiger partial charge in [0.15, 0.2) is 0 Å². The first-order valence-corrected chi connectivity index (χ1v) is 7.23. The minimum atomic E-state index is -0.130. The van der Waals surface area contributed by atoms with Gasteiger partial charge in [0.1, 0.15) is 5.82 Å². The fraction of sp³-hybridized carbons (Fsp3) is 0.467. The van der Waals surface area contributed by atoms with Gasteiger partial charge in [-0.3, -0.25) is 0 Å². The van der Waals surface area contributed by atoms with Crippen molar-refractivity contribution in [2.75, 3.05) is 13.1 Å². The van der Waals surface area contributed by atoms with Gasteiger partial charge in [-0.1, -0.05) is 34.5 Å². The van der Waals surface area contributed by atoms with Gasteiger partial charge in [-0.15, -0.1) is 0 Å². The molecule has 0 aliphatic heterocycles. The zero-order chi connectivity index (χ0) is 13.4. The topological polar surface area (TPSA) is 12.0 Å². The van der Waals surface area contributed by atoms with Crippen molar-refractivity contribution < 1.29 is 4.39 Å². The van der Waals surface area contributed by atoms with Crippen LogP contribution in [-0.2, 0) is 6.42 Å². The average molecular weight is 314 g/mol. The Kier molecular flexibility index (Phi) is 7.21. The third kappa shape index (κ3) is 5.78. The Morgan fingerprint density at radius 1 is 1.39 bits per heavy atom. The molecule has 0 aliphatic carbocycles. The predicted molar refractivity (Wildman–Crippen MR) is 79.3 cm³/mol. The quantitative estimate of drug-likeness (QED) is 0.578. The number of benzene rings is 1. The summed E-state index contributed by atoms with van der Waals surface area (Å²) in [6.07, 6.45) is 5.02. The van der Waals surface area contributed by atoms with Crippen LogP contribution in [0, 0.1) is 5.82 Å². The van der Waals surface area contributed by atoms with E-state index in [9.17, 15) is 4.39 Å². The molecule has 0 fully saturated rings. The fourth-order valence-corrected chi connectivity index (χ4v) is 2.18. The zero-order valence-electron chi connectivity index (χ0n) is 11.1. The Labute approximate surface area is 118 Å². The second-order valence-corrected chi connectivity index (χ2v) is 5.42. The minimum absolute atomic E-state index is 0.130. The normalized spacial score (nSPS) is 11.9. The molecule has 1 aromatic carbocycles. The van der Waals surface area contributed by atoms with Gasteiger partial charge in [-0.2, -0.15) is 0 Å². The van der Waals surface area contributed by atoms with E-state index in [1.54, 1.807) is 6.07 Å². The minimum Gasteiger partial charge on any atom is -0.316 e. The van der Waals surface area contributed by atoms with E-state index < -0.39 is 0 Å². The van der Waals surface area contributed by atoms with E-state index in [-0.39, 0.29) is 5.82 Å². The van der Waals surface area contributed by atoms with Crippen molar-refractivity contribution in [1.29, 1.82) is 0 Å². The van der Waals surface area contributed by atoms with Gasteiger partial charge in [0, 0.05) is 4.47 Å². The summed E-state index contributed by atoms with van der Waals surface area (Å²) in [6, 6.07) is 5.09. The molecule has 0 aliphatic rings. The summed E-state index contributed by atoms with van der Waals surface area (Å²) >= 11 is 3.37. The largest absolute Gasteiger partial charge is 0.316 e. The number of halogens is 2. The monoisotopic (exact) mass is 313 g/mol. The summed E-state index contributed by atoms with van der Waals surface area (Å²) < 4.78 is 14.5. The molecule has 0 amide bonds. The molecule has 0 saturated carbocycles. The molecule has 18 heavy (non-hydrogen) atoms. The molecule has 0 saturated heterocycles. The second-order valence-electron chi connectivity index (χ2n) is 4.50. The molecule has 100 valence electrons. The molecule has 1 rings (SSSR count). The van der Waals surface area contributed by atoms with Crippen LogP contribution in [0.1, 0.15) is 32.3 Å². The highest BCUT2D eigenvalue weighted by atomic mass is 79.9. The molecular formula is C15H21BrFN. The van der Waals surface area contributed by atoms with E-state index in [2.05, 4.69) is 41.2 Å². The van der Waals surface area contributed by atoms with Gasteiger partial charge in [-0.05, 0) is 63.0 Å². The molecule has 1 nitrogen and oxygen atoms in total. The summed E-state index contributed by atoms with van der Waals surface area (Å²) in [5, 5.41) is 3.35. The molecule has 0 aromatic heterocycles. The molecular weight excluding hydrogens is 293 g/mol. The Hall–Kier alpha value is -0.670. The average Bonchev–Trinajstić information content (AvgIpc) is 2.33. The van der Waals surface area contributed by atoms with Gasteiger partial charge in [0.05, 0.1) is 0 Å². The molecule has 1 N–H and O–H groups in total. The lowest BCUT2D eigenvalue weighted by Crippen LogP contribution is -2.15. The van der Waals surface area contributed by atoms with Gasteiger partial charge in [0.2, 0.25) is 0 Å². The molecule has 3 heteroatoms. The smallest absolute Gasteiger partial charge is 0.126 e. The molecule has 0 radical (unpaired) electrons. The highest BCUT2D eigenvalue weighted by Crippen LogP contribution is 2.18. The first-order valence-electron chi connectivity index (χ1n) is 6.43. The maximum atomic E-state index is 13.6. The number of hydrogen-bond acceptors (Lipinski definition) is 1. The van der Waals surface area contributed by atoms with E-state index in [4.69, 9.17) is 0 Å². The lowest BCUT2D eigenvalue weighted by Gasteiger charge is -2.05. The predicted octanol–water partition coefficient (Wildman–Crippen LogP) is 4.47. The van der Waals surface area contributed by atoms with E-state index in [1.165, 1.54) is 11.6 Å². The van der Waals surface area contributed by atoms with Crippen LogP contribution in [0.4, 0.5) is 4.39 Å². The van der Waals surface area contributed by atoms with Crippen molar-refractivity contribution in [2.45, 2.75) is 33.1 Å². The third-order valence-electron chi connectivity index (χ3n) is 2.72. The summed E-state index contributed by atoms with van der Waals surface area (Å²) in [5.41, 5.74) is 1.96. The number of nitrogens with one attached hydrogen (secondary N) is 1. The second kappa shape index (κ2) is 8.44. The van der Waals surface area contributed by atoms with Gasteiger partial charge in [0.25, 0.3) is 0 Å². The summed E-state index contributed by atoms with van der Waals surface area (Å²) in [5.74, 6) is -0.130. The van der Waals surface area contributed by atoms with Crippen LogP contribution in [0.25, 0.3) is 0 Å². The lowest BCUT2D eigenvalue weighted by atomic mass is 10.1. The van der Waals surface area contributed by atoms with Crippen LogP contribution in [0.2, 0.25) is 0 Å². The van der Waals surface area contributed by atoms with Crippen LogP contribution in [0.3, 0.4) is 0 Å². The molecule has 1 aromatic rings. The molecule has 0 bridgehead atoms. The highest BCUT2D eigenvalue weighted by Gasteiger charge is 2.03. The molecule has 0 heterocycles. The van der Waals surface area contributed by atoms with Crippen LogP contribution in [-0.4, -0.2) is 13.1 Å². The van der Waals surface area contributed by atoms with E-state index >= 15 is 0 Å². The maximum Gasteiger partial charge on any atom is 0.126 e. The number of hydrogen-bond donors (Lipinski definition) is 1. The Bertz CT molecular complexity index is 401. The Morgan fingerprint density at radius 3 is 2.89 bits per heavy atom. The Balaban J connectivity index is 2.45. The fourth-order valence-electron chi connectivity index (χ4n) is 1.77. The maximum absolute atomic E-state index is 13.6. The summed E-state index contributed by atoms with van der Waals surface area (Å²) in [7, 11) is 0. The van der Waals surface area contributed by atoms with Crippen LogP contribution < -0.4 is 5.32 Å². The van der Waals surface area contributed by atoms with E-state index in [0.717, 1.165) is 36.0 Å². The zero-order valence-corrected chi connectivity index (χ0v) is 12.7. The van der Waals surface area contributed by atoms with Gasteiger partial charge < -0.3 is 5.32 Å². The van der Waals surface area contributed by atoms with E-state index in [1.807, 2.05) is 6.07 Å². The van der Waals surface area contributed by atoms with Gasteiger partial charge in [-0.25, -0.2) is 4.39 Å². The number of rotatable bonds is 7. The van der Waals surface area contributed by atoms with Crippen molar-refractivity contribution >= 4 is 15.9 Å². The van der Waals surface area contributed by atoms with Crippen molar-refractivity contribution in [3.63, 3.8) is 0 Å². The summed E-state index contributed by atoms with van der Waals surface area (Å²) in [4.78, 5) is 0. The van der Waals surface area contributed by atoms with Crippen molar-refractivity contribution in [1.82, 2.24) is 5.32 Å². The standard InChI is InChI=1S/C15H21BrFN/c1-3-8-18-9-4-5-12(2)10-13-11-14(16)6-7-15(13)17/h5-7,11,18H,3-4,8-10H2,1-2H3. The first kappa shape index (κ1) is 15.4. The third-order valence-corrected chi connectivity index (χ3v) is 3.21. The first-order chi connectivity index (χ1) is 8.63. The molecule has 0 spiro atoms. The Morgan fingerprint density at radius 2 is 2.17 bits per heavy atom. The van der Waals surface area contributed by atoms with Crippen LogP contribution in [0.15, 0.2) is 34.3 Å². The molecule has 0 atom stereocenters. The SMILES string of the molecule is CCCNCCC=C(C)Cc1cc(Br)ccc1F. The lowest BCUT2D eigenvalue weighted by molar-refractivity contribution is 0.612. The van der Waals surface area contributed by atoms with Crippen LogP contribution >= 0.6 is 15.9 Å². The molecule has 0 unspecified atom stereocenters.